The highest BCUT2D eigenvalue weighted by Gasteiger charge is 2.17. The number of nitriles is 1. The Morgan fingerprint density at radius 3 is 2.69 bits per heavy atom. The SMILES string of the molecule is Cc1ccc2nc(C)c(C(=O)NCCCc3nn(-c4ccccc4)c(N)c3C#N)cc2c1. The molecule has 0 saturated heterocycles. The van der Waals surface area contributed by atoms with Crippen LogP contribution in [0.4, 0.5) is 5.82 Å². The summed E-state index contributed by atoms with van der Waals surface area (Å²) in [5, 5.41) is 18.0. The Morgan fingerprint density at radius 1 is 1.16 bits per heavy atom. The molecule has 32 heavy (non-hydrogen) atoms. The molecule has 160 valence electrons. The zero-order chi connectivity index (χ0) is 22.7. The maximum Gasteiger partial charge on any atom is 0.253 e. The molecule has 7 nitrogen and oxygen atoms in total. The zero-order valence-electron chi connectivity index (χ0n) is 18.1. The molecule has 3 N–H and O–H groups in total. The third-order valence-electron chi connectivity index (χ3n) is 5.39. The first kappa shape index (κ1) is 21.1. The number of aromatic nitrogens is 3. The van der Waals surface area contributed by atoms with Gasteiger partial charge in [-0.2, -0.15) is 10.4 Å². The largest absolute Gasteiger partial charge is 0.382 e. The van der Waals surface area contributed by atoms with E-state index in [1.807, 2.05) is 68.4 Å². The Kier molecular flexibility index (Phi) is 5.86. The highest BCUT2D eigenvalue weighted by atomic mass is 16.1. The molecule has 0 spiro atoms. The number of fused-ring (bicyclic) bond motifs is 1. The van der Waals surface area contributed by atoms with Crippen molar-refractivity contribution in [2.45, 2.75) is 26.7 Å². The first-order chi connectivity index (χ1) is 15.5. The van der Waals surface area contributed by atoms with Gasteiger partial charge in [0.2, 0.25) is 0 Å². The first-order valence-electron chi connectivity index (χ1n) is 10.5. The lowest BCUT2D eigenvalue weighted by Gasteiger charge is -2.09. The number of hydrogen-bond acceptors (Lipinski definition) is 5. The van der Waals surface area contributed by atoms with Crippen LogP contribution in [0.1, 0.15) is 39.3 Å². The Morgan fingerprint density at radius 2 is 1.94 bits per heavy atom. The van der Waals surface area contributed by atoms with E-state index in [9.17, 15) is 10.1 Å². The van der Waals surface area contributed by atoms with Crippen LogP contribution >= 0.6 is 0 Å². The van der Waals surface area contributed by atoms with Crippen molar-refractivity contribution in [2.75, 3.05) is 12.3 Å². The van der Waals surface area contributed by atoms with Crippen molar-refractivity contribution in [1.82, 2.24) is 20.1 Å². The molecule has 0 fully saturated rings. The van der Waals surface area contributed by atoms with Crippen molar-refractivity contribution < 1.29 is 4.79 Å². The van der Waals surface area contributed by atoms with Crippen LogP contribution in [0, 0.1) is 25.2 Å². The van der Waals surface area contributed by atoms with Gasteiger partial charge < -0.3 is 11.1 Å². The monoisotopic (exact) mass is 424 g/mol. The van der Waals surface area contributed by atoms with Gasteiger partial charge in [0.25, 0.3) is 5.91 Å². The fourth-order valence-corrected chi connectivity index (χ4v) is 3.72. The Bertz CT molecular complexity index is 1330. The summed E-state index contributed by atoms with van der Waals surface area (Å²) in [7, 11) is 0. The summed E-state index contributed by atoms with van der Waals surface area (Å²) in [5.74, 6) is 0.166. The molecule has 1 amide bonds. The van der Waals surface area contributed by atoms with Crippen LogP contribution in [-0.4, -0.2) is 27.2 Å². The summed E-state index contributed by atoms with van der Waals surface area (Å²) >= 11 is 0. The standard InChI is InChI=1S/C25H24N6O/c1-16-10-11-22-18(13-16)14-20(17(2)29-22)25(32)28-12-6-9-23-21(15-26)24(27)31(30-23)19-7-4-3-5-8-19/h3-5,7-8,10-11,13-14H,6,9,12,27H2,1-2H3,(H,28,32). The Labute approximate surface area is 186 Å². The predicted octanol–water partition coefficient (Wildman–Crippen LogP) is 3.85. The van der Waals surface area contributed by atoms with Gasteiger partial charge in [-0.15, -0.1) is 0 Å². The second kappa shape index (κ2) is 8.90. The van der Waals surface area contributed by atoms with Gasteiger partial charge in [0.1, 0.15) is 17.5 Å². The zero-order valence-corrected chi connectivity index (χ0v) is 18.1. The van der Waals surface area contributed by atoms with E-state index in [1.54, 1.807) is 4.68 Å². The molecule has 2 aromatic heterocycles. The molecule has 0 bridgehead atoms. The quantitative estimate of drug-likeness (QED) is 0.457. The lowest BCUT2D eigenvalue weighted by Crippen LogP contribution is -2.26. The van der Waals surface area contributed by atoms with Crippen molar-refractivity contribution in [3.8, 4) is 11.8 Å². The number of pyridine rings is 1. The van der Waals surface area contributed by atoms with Crippen LogP contribution in [0.5, 0.6) is 0 Å². The molecular weight excluding hydrogens is 400 g/mol. The van der Waals surface area contributed by atoms with Gasteiger partial charge in [-0.3, -0.25) is 9.78 Å². The van der Waals surface area contributed by atoms with Crippen LogP contribution in [0.3, 0.4) is 0 Å². The van der Waals surface area contributed by atoms with Crippen molar-refractivity contribution in [2.24, 2.45) is 0 Å². The van der Waals surface area contributed by atoms with E-state index in [2.05, 4.69) is 21.5 Å². The number of anilines is 1. The Hall–Kier alpha value is -4.18. The van der Waals surface area contributed by atoms with Crippen LogP contribution in [0.25, 0.3) is 16.6 Å². The van der Waals surface area contributed by atoms with Crippen LogP contribution in [0.15, 0.2) is 54.6 Å². The number of carbonyl (C=O) groups excluding carboxylic acids is 1. The van der Waals surface area contributed by atoms with Crippen molar-refractivity contribution >= 4 is 22.6 Å². The molecule has 7 heteroatoms. The molecule has 2 heterocycles. The third kappa shape index (κ3) is 4.16. The van der Waals surface area contributed by atoms with E-state index in [4.69, 9.17) is 5.73 Å². The number of rotatable bonds is 6. The second-order valence-electron chi connectivity index (χ2n) is 7.74. The lowest BCUT2D eigenvalue weighted by atomic mass is 10.1. The number of aryl methyl sites for hydroxylation is 3. The van der Waals surface area contributed by atoms with Gasteiger partial charge >= 0.3 is 0 Å². The number of nitrogens with one attached hydrogen (secondary N) is 1. The molecule has 0 unspecified atom stereocenters. The van der Waals surface area contributed by atoms with Crippen molar-refractivity contribution in [3.05, 3.63) is 82.7 Å². The van der Waals surface area contributed by atoms with Crippen LogP contribution in [0.2, 0.25) is 0 Å². The summed E-state index contributed by atoms with van der Waals surface area (Å²) in [6.45, 7) is 4.31. The summed E-state index contributed by atoms with van der Waals surface area (Å²) in [6.07, 6.45) is 1.16. The summed E-state index contributed by atoms with van der Waals surface area (Å²) in [5.41, 5.74) is 11.2. The van der Waals surface area contributed by atoms with Gasteiger partial charge in [0.05, 0.1) is 28.2 Å². The van der Waals surface area contributed by atoms with Gasteiger partial charge in [-0.05, 0) is 57.0 Å². The number of para-hydroxylation sites is 1. The molecule has 0 radical (unpaired) electrons. The molecule has 0 atom stereocenters. The molecule has 4 rings (SSSR count). The summed E-state index contributed by atoms with van der Waals surface area (Å²) in [4.78, 5) is 17.3. The Balaban J connectivity index is 1.43. The number of hydrogen-bond donors (Lipinski definition) is 2. The minimum absolute atomic E-state index is 0.159. The second-order valence-corrected chi connectivity index (χ2v) is 7.74. The van der Waals surface area contributed by atoms with Crippen LogP contribution in [-0.2, 0) is 6.42 Å². The normalized spacial score (nSPS) is 10.8. The number of nitrogen functional groups attached to an aromatic ring is 1. The van der Waals surface area contributed by atoms with E-state index in [0.29, 0.717) is 47.7 Å². The minimum atomic E-state index is -0.159. The summed E-state index contributed by atoms with van der Waals surface area (Å²) < 4.78 is 1.58. The molecular formula is C25H24N6O. The van der Waals surface area contributed by atoms with Crippen molar-refractivity contribution in [1.29, 1.82) is 5.26 Å². The highest BCUT2D eigenvalue weighted by Crippen LogP contribution is 2.21. The van der Waals surface area contributed by atoms with Gasteiger partial charge in [0, 0.05) is 11.9 Å². The van der Waals surface area contributed by atoms with E-state index < -0.39 is 0 Å². The molecule has 2 aromatic carbocycles. The number of amides is 1. The smallest absolute Gasteiger partial charge is 0.253 e. The average molecular weight is 425 g/mol. The lowest BCUT2D eigenvalue weighted by molar-refractivity contribution is 0.0952. The maximum absolute atomic E-state index is 12.7. The van der Waals surface area contributed by atoms with Crippen molar-refractivity contribution in [3.63, 3.8) is 0 Å². The first-order valence-corrected chi connectivity index (χ1v) is 10.5. The minimum Gasteiger partial charge on any atom is -0.382 e. The fourth-order valence-electron chi connectivity index (χ4n) is 3.72. The van der Waals surface area contributed by atoms with Gasteiger partial charge in [0.15, 0.2) is 0 Å². The molecule has 0 aliphatic carbocycles. The van der Waals surface area contributed by atoms with Crippen LogP contribution < -0.4 is 11.1 Å². The van der Waals surface area contributed by atoms with E-state index in [0.717, 1.165) is 22.2 Å². The number of benzene rings is 2. The van der Waals surface area contributed by atoms with E-state index in [1.165, 1.54) is 0 Å². The fraction of sp³-hybridized carbons (Fsp3) is 0.200. The van der Waals surface area contributed by atoms with Gasteiger partial charge in [-0.25, -0.2) is 4.68 Å². The molecule has 4 aromatic rings. The predicted molar refractivity (Wildman–Crippen MR) is 125 cm³/mol. The number of carbonyl (C=O) groups is 1. The molecule has 0 saturated carbocycles. The molecule has 0 aliphatic heterocycles. The molecule has 0 aliphatic rings. The third-order valence-corrected chi connectivity index (χ3v) is 5.39. The topological polar surface area (TPSA) is 110 Å². The average Bonchev–Trinajstić information content (AvgIpc) is 3.12. The maximum atomic E-state index is 12.7. The summed E-state index contributed by atoms with van der Waals surface area (Å²) in [6, 6.07) is 19.5. The van der Waals surface area contributed by atoms with E-state index in [-0.39, 0.29) is 5.91 Å². The highest BCUT2D eigenvalue weighted by molar-refractivity contribution is 5.98. The number of nitrogens with zero attached hydrogens (tertiary/aromatic N) is 4. The van der Waals surface area contributed by atoms with Gasteiger partial charge in [-0.1, -0.05) is 29.8 Å². The number of nitrogens with two attached hydrogens (primary N) is 1. The van der Waals surface area contributed by atoms with E-state index >= 15 is 0 Å².